The van der Waals surface area contributed by atoms with E-state index in [1.54, 1.807) is 0 Å². The molecule has 1 aromatic carbocycles. The summed E-state index contributed by atoms with van der Waals surface area (Å²) in [5, 5.41) is 4.74. The predicted octanol–water partition coefficient (Wildman–Crippen LogP) is 3.06. The van der Waals surface area contributed by atoms with Crippen molar-refractivity contribution in [3.05, 3.63) is 35.0 Å². The van der Waals surface area contributed by atoms with Gasteiger partial charge in [0.1, 0.15) is 5.69 Å². The summed E-state index contributed by atoms with van der Waals surface area (Å²) in [4.78, 5) is 35.6. The van der Waals surface area contributed by atoms with Crippen LogP contribution in [-0.2, 0) is 4.79 Å². The van der Waals surface area contributed by atoms with E-state index in [9.17, 15) is 9.59 Å². The number of hydrogen-bond donors (Lipinski definition) is 2. The maximum Gasteiger partial charge on any atom is 0.270 e. The summed E-state index contributed by atoms with van der Waals surface area (Å²) in [7, 11) is 2.16. The third-order valence-corrected chi connectivity index (χ3v) is 7.54. The number of hydrogen-bond acceptors (Lipinski definition) is 4. The minimum absolute atomic E-state index is 0.0155. The number of nitrogens with zero attached hydrogens (tertiary/aromatic N) is 3. The van der Waals surface area contributed by atoms with Gasteiger partial charge in [-0.15, -0.1) is 0 Å². The van der Waals surface area contributed by atoms with E-state index >= 15 is 0 Å². The quantitative estimate of drug-likeness (QED) is 0.606. The van der Waals surface area contributed by atoms with E-state index in [4.69, 9.17) is 11.6 Å². The summed E-state index contributed by atoms with van der Waals surface area (Å²) in [6.07, 6.45) is 2.70. The topological polar surface area (TPSA) is 71.7 Å². The number of halogens is 1. The maximum absolute atomic E-state index is 13.0. The summed E-state index contributed by atoms with van der Waals surface area (Å²) in [6.45, 7) is 9.65. The molecule has 0 radical (unpaired) electrons. The van der Waals surface area contributed by atoms with Gasteiger partial charge in [0.15, 0.2) is 0 Å². The van der Waals surface area contributed by atoms with Gasteiger partial charge in [-0.2, -0.15) is 0 Å². The number of fused-ring (bicyclic) bond motifs is 1. The molecule has 0 unspecified atom stereocenters. The Hall–Kier alpha value is -2.09. The SMILES string of the molecule is C[C@@H](C(=O)NCCCN1CCN(C)CC1)C1CCN(C(=O)c2cc3cc(Cl)ccc3[nH]2)CC1. The van der Waals surface area contributed by atoms with E-state index in [0.717, 1.165) is 69.4 Å². The molecule has 0 aliphatic carbocycles. The van der Waals surface area contributed by atoms with E-state index in [1.165, 1.54) is 0 Å². The molecule has 7 nitrogen and oxygen atoms in total. The molecule has 2 fully saturated rings. The van der Waals surface area contributed by atoms with Crippen molar-refractivity contribution in [1.29, 1.82) is 0 Å². The second-order valence-electron chi connectivity index (χ2n) is 9.62. The molecule has 2 aliphatic rings. The summed E-state index contributed by atoms with van der Waals surface area (Å²) in [5.74, 6) is 0.446. The number of piperazine rings is 1. The number of carbonyl (C=O) groups excluding carboxylic acids is 2. The van der Waals surface area contributed by atoms with Crippen LogP contribution in [-0.4, -0.2) is 90.9 Å². The second kappa shape index (κ2) is 10.9. The Labute approximate surface area is 201 Å². The molecule has 2 N–H and O–H groups in total. The number of likely N-dealkylation sites (tertiary alicyclic amines) is 1. The van der Waals surface area contributed by atoms with Crippen LogP contribution in [0.2, 0.25) is 5.02 Å². The lowest BCUT2D eigenvalue weighted by molar-refractivity contribution is -0.126. The van der Waals surface area contributed by atoms with Gasteiger partial charge in [0, 0.05) is 67.7 Å². The van der Waals surface area contributed by atoms with Crippen molar-refractivity contribution in [1.82, 2.24) is 25.0 Å². The van der Waals surface area contributed by atoms with Crippen LogP contribution in [0.5, 0.6) is 0 Å². The molecule has 3 heterocycles. The number of H-pyrrole nitrogens is 1. The van der Waals surface area contributed by atoms with Gasteiger partial charge < -0.3 is 25.0 Å². The molecule has 2 saturated heterocycles. The lowest BCUT2D eigenvalue weighted by atomic mass is 9.84. The number of carbonyl (C=O) groups is 2. The minimum Gasteiger partial charge on any atom is -0.356 e. The van der Waals surface area contributed by atoms with Gasteiger partial charge in [-0.05, 0) is 63.0 Å². The van der Waals surface area contributed by atoms with Crippen molar-refractivity contribution in [3.8, 4) is 0 Å². The Morgan fingerprint density at radius 1 is 1.12 bits per heavy atom. The van der Waals surface area contributed by atoms with Gasteiger partial charge in [-0.25, -0.2) is 0 Å². The molecular weight excluding hydrogens is 438 g/mol. The van der Waals surface area contributed by atoms with Crippen LogP contribution in [0.4, 0.5) is 0 Å². The molecule has 0 bridgehead atoms. The van der Waals surface area contributed by atoms with E-state index < -0.39 is 0 Å². The molecular formula is C25H36ClN5O2. The maximum atomic E-state index is 13.0. The highest BCUT2D eigenvalue weighted by atomic mass is 35.5. The highest BCUT2D eigenvalue weighted by Gasteiger charge is 2.30. The fourth-order valence-electron chi connectivity index (χ4n) is 4.95. The third kappa shape index (κ3) is 6.08. The zero-order chi connectivity index (χ0) is 23.4. The smallest absolute Gasteiger partial charge is 0.270 e. The fraction of sp³-hybridized carbons (Fsp3) is 0.600. The summed E-state index contributed by atoms with van der Waals surface area (Å²) in [5.41, 5.74) is 1.51. The Balaban J connectivity index is 1.19. The normalized spacial score (nSPS) is 19.7. The largest absolute Gasteiger partial charge is 0.356 e. The van der Waals surface area contributed by atoms with Crippen LogP contribution in [0, 0.1) is 11.8 Å². The van der Waals surface area contributed by atoms with Crippen molar-refractivity contribution < 1.29 is 9.59 Å². The first-order valence-electron chi connectivity index (χ1n) is 12.2. The van der Waals surface area contributed by atoms with Gasteiger partial charge in [-0.1, -0.05) is 18.5 Å². The highest BCUT2D eigenvalue weighted by molar-refractivity contribution is 6.31. The Morgan fingerprint density at radius 2 is 1.85 bits per heavy atom. The number of nitrogens with one attached hydrogen (secondary N) is 2. The average Bonchev–Trinajstić information content (AvgIpc) is 3.25. The first kappa shape index (κ1) is 24.0. The zero-order valence-electron chi connectivity index (χ0n) is 19.8. The molecule has 2 amide bonds. The molecule has 0 spiro atoms. The lowest BCUT2D eigenvalue weighted by Gasteiger charge is -2.34. The summed E-state index contributed by atoms with van der Waals surface area (Å²) < 4.78 is 0. The minimum atomic E-state index is -0.0268. The Bertz CT molecular complexity index is 961. The zero-order valence-corrected chi connectivity index (χ0v) is 20.5. The third-order valence-electron chi connectivity index (χ3n) is 7.31. The summed E-state index contributed by atoms with van der Waals surface area (Å²) in [6, 6.07) is 7.45. The monoisotopic (exact) mass is 473 g/mol. The second-order valence-corrected chi connectivity index (χ2v) is 10.1. The number of likely N-dealkylation sites (N-methyl/N-ethyl adjacent to an activating group) is 1. The molecule has 1 aromatic heterocycles. The van der Waals surface area contributed by atoms with Crippen LogP contribution in [0.15, 0.2) is 24.3 Å². The molecule has 2 aliphatic heterocycles. The van der Waals surface area contributed by atoms with Gasteiger partial charge in [0.25, 0.3) is 5.91 Å². The van der Waals surface area contributed by atoms with Gasteiger partial charge in [0.05, 0.1) is 0 Å². The lowest BCUT2D eigenvalue weighted by Crippen LogP contribution is -2.45. The van der Waals surface area contributed by atoms with Crippen LogP contribution >= 0.6 is 11.6 Å². The predicted molar refractivity (Wildman–Crippen MR) is 133 cm³/mol. The molecule has 8 heteroatoms. The van der Waals surface area contributed by atoms with Crippen molar-refractivity contribution in [2.45, 2.75) is 26.2 Å². The standard InChI is InChI=1S/C25H36ClN5O2/c1-18(24(32)27-8-3-9-30-14-12-29(2)13-15-30)19-6-10-31(11-7-19)25(33)23-17-20-16-21(26)4-5-22(20)28-23/h4-5,16-19,28H,3,6-15H2,1-2H3,(H,27,32)/t18-/m1/s1. The number of aromatic nitrogens is 1. The van der Waals surface area contributed by atoms with Gasteiger partial charge in [-0.3, -0.25) is 9.59 Å². The molecule has 0 saturated carbocycles. The number of rotatable bonds is 7. The number of aromatic amines is 1. The average molecular weight is 474 g/mol. The number of amides is 2. The van der Waals surface area contributed by atoms with Gasteiger partial charge in [0.2, 0.25) is 5.91 Å². The highest BCUT2D eigenvalue weighted by Crippen LogP contribution is 2.27. The van der Waals surface area contributed by atoms with E-state index in [-0.39, 0.29) is 17.7 Å². The van der Waals surface area contributed by atoms with Crippen molar-refractivity contribution in [3.63, 3.8) is 0 Å². The van der Waals surface area contributed by atoms with Crippen LogP contribution in [0.3, 0.4) is 0 Å². The van der Waals surface area contributed by atoms with E-state index in [1.807, 2.05) is 36.1 Å². The van der Waals surface area contributed by atoms with Crippen LogP contribution in [0.25, 0.3) is 10.9 Å². The molecule has 33 heavy (non-hydrogen) atoms. The van der Waals surface area contributed by atoms with E-state index in [2.05, 4.69) is 27.1 Å². The van der Waals surface area contributed by atoms with Crippen molar-refractivity contribution >= 4 is 34.3 Å². The molecule has 2 aromatic rings. The van der Waals surface area contributed by atoms with Gasteiger partial charge >= 0.3 is 0 Å². The summed E-state index contributed by atoms with van der Waals surface area (Å²) >= 11 is 6.06. The molecule has 4 rings (SSSR count). The first-order chi connectivity index (χ1) is 15.9. The van der Waals surface area contributed by atoms with Crippen molar-refractivity contribution in [2.24, 2.45) is 11.8 Å². The van der Waals surface area contributed by atoms with Crippen molar-refractivity contribution in [2.75, 3.05) is 59.4 Å². The Kier molecular flexibility index (Phi) is 7.94. The van der Waals surface area contributed by atoms with Crippen LogP contribution < -0.4 is 5.32 Å². The fourth-order valence-corrected chi connectivity index (χ4v) is 5.13. The Morgan fingerprint density at radius 3 is 2.58 bits per heavy atom. The first-order valence-corrected chi connectivity index (χ1v) is 12.5. The van der Waals surface area contributed by atoms with Crippen LogP contribution in [0.1, 0.15) is 36.7 Å². The molecule has 180 valence electrons. The number of benzene rings is 1. The molecule has 1 atom stereocenters. The van der Waals surface area contributed by atoms with E-state index in [0.29, 0.717) is 29.7 Å². The number of piperidine rings is 1.